The number of nitrogens with zero attached hydrogens (tertiary/aromatic N) is 3. The summed E-state index contributed by atoms with van der Waals surface area (Å²) in [7, 11) is 0. The van der Waals surface area contributed by atoms with Gasteiger partial charge in [-0.05, 0) is 50.8 Å². The molecule has 7 heteroatoms. The van der Waals surface area contributed by atoms with Gasteiger partial charge in [-0.25, -0.2) is 8.78 Å². The predicted octanol–water partition coefficient (Wildman–Crippen LogP) is 3.42. The van der Waals surface area contributed by atoms with E-state index in [4.69, 9.17) is 4.52 Å². The van der Waals surface area contributed by atoms with Crippen LogP contribution in [0.3, 0.4) is 0 Å². The van der Waals surface area contributed by atoms with E-state index in [1.165, 1.54) is 0 Å². The van der Waals surface area contributed by atoms with Gasteiger partial charge in [-0.1, -0.05) is 5.16 Å². The van der Waals surface area contributed by atoms with Gasteiger partial charge >= 0.3 is 0 Å². The summed E-state index contributed by atoms with van der Waals surface area (Å²) in [5, 5.41) is 4.05. The number of likely N-dealkylation sites (tertiary alicyclic amines) is 1. The summed E-state index contributed by atoms with van der Waals surface area (Å²) < 4.78 is 32.8. The molecule has 1 aliphatic heterocycles. The molecule has 1 aromatic carbocycles. The largest absolute Gasteiger partial charge is 0.339 e. The highest BCUT2D eigenvalue weighted by Crippen LogP contribution is 2.40. The number of rotatable bonds is 3. The maximum absolute atomic E-state index is 13.9. The van der Waals surface area contributed by atoms with Gasteiger partial charge in [-0.15, -0.1) is 0 Å². The third kappa shape index (κ3) is 3.03. The van der Waals surface area contributed by atoms with Crippen LogP contribution in [-0.2, 0) is 5.41 Å². The number of hydrogen-bond donors (Lipinski definition) is 0. The van der Waals surface area contributed by atoms with Gasteiger partial charge in [0, 0.05) is 19.0 Å². The first-order valence-electron chi connectivity index (χ1n) is 8.55. The number of piperidine rings is 1. The van der Waals surface area contributed by atoms with E-state index in [2.05, 4.69) is 10.1 Å². The molecule has 1 atom stereocenters. The fourth-order valence-electron chi connectivity index (χ4n) is 3.41. The summed E-state index contributed by atoms with van der Waals surface area (Å²) in [4.78, 5) is 18.7. The smallest absolute Gasteiger partial charge is 0.256 e. The molecule has 2 fully saturated rings. The molecule has 4 rings (SSSR count). The van der Waals surface area contributed by atoms with E-state index >= 15 is 0 Å². The van der Waals surface area contributed by atoms with Gasteiger partial charge < -0.3 is 9.42 Å². The second kappa shape index (κ2) is 5.89. The highest BCUT2D eigenvalue weighted by atomic mass is 19.1. The van der Waals surface area contributed by atoms with Crippen molar-refractivity contribution in [3.05, 3.63) is 47.1 Å². The molecule has 0 spiro atoms. The zero-order chi connectivity index (χ0) is 17.6. The topological polar surface area (TPSA) is 59.2 Å². The van der Waals surface area contributed by atoms with E-state index in [1.54, 1.807) is 4.90 Å². The van der Waals surface area contributed by atoms with Crippen LogP contribution in [0.2, 0.25) is 0 Å². The lowest BCUT2D eigenvalue weighted by molar-refractivity contribution is 0.0614. The third-order valence-corrected chi connectivity index (χ3v) is 5.04. The Labute approximate surface area is 144 Å². The number of benzene rings is 1. The minimum Gasteiger partial charge on any atom is -0.339 e. The van der Waals surface area contributed by atoms with Crippen LogP contribution >= 0.6 is 0 Å². The Morgan fingerprint density at radius 3 is 2.92 bits per heavy atom. The van der Waals surface area contributed by atoms with Crippen LogP contribution in [0.1, 0.15) is 60.6 Å². The van der Waals surface area contributed by atoms with Crippen LogP contribution in [-0.4, -0.2) is 34.0 Å². The summed E-state index contributed by atoms with van der Waals surface area (Å²) in [5.41, 5.74) is -0.717. The molecular weight excluding hydrogens is 328 g/mol. The van der Waals surface area contributed by atoms with Gasteiger partial charge in [0.1, 0.15) is 11.6 Å². The summed E-state index contributed by atoms with van der Waals surface area (Å²) in [5.74, 6) is -0.209. The van der Waals surface area contributed by atoms with E-state index in [0.29, 0.717) is 24.9 Å². The molecule has 1 aromatic heterocycles. The number of carbonyl (C=O) groups is 1. The Kier molecular flexibility index (Phi) is 3.81. The summed E-state index contributed by atoms with van der Waals surface area (Å²) in [6, 6.07) is 2.93. The van der Waals surface area contributed by atoms with E-state index in [9.17, 15) is 13.6 Å². The second-order valence-corrected chi connectivity index (χ2v) is 7.25. The molecule has 132 valence electrons. The van der Waals surface area contributed by atoms with Crippen molar-refractivity contribution in [2.45, 2.75) is 43.9 Å². The number of carbonyl (C=O) groups excluding carboxylic acids is 1. The zero-order valence-corrected chi connectivity index (χ0v) is 14.0. The standard InChI is InChI=1S/C18H19F2N3O2/c1-18(17-21-15(22-25-17)11-3-4-11)7-2-8-23(10-18)16(24)13-9-12(19)5-6-14(13)20/h5-6,9,11H,2-4,7-8,10H2,1H3/t18-/m1/s1. The molecule has 1 amide bonds. The monoisotopic (exact) mass is 347 g/mol. The highest BCUT2D eigenvalue weighted by Gasteiger charge is 2.41. The van der Waals surface area contributed by atoms with Crippen LogP contribution in [0.5, 0.6) is 0 Å². The van der Waals surface area contributed by atoms with E-state index in [0.717, 1.165) is 49.7 Å². The van der Waals surface area contributed by atoms with E-state index in [-0.39, 0.29) is 5.56 Å². The third-order valence-electron chi connectivity index (χ3n) is 5.04. The predicted molar refractivity (Wildman–Crippen MR) is 85.1 cm³/mol. The van der Waals surface area contributed by atoms with Gasteiger partial charge in [-0.3, -0.25) is 4.79 Å². The molecule has 0 bridgehead atoms. The fraction of sp³-hybridized carbons (Fsp3) is 0.500. The number of hydrogen-bond acceptors (Lipinski definition) is 4. The van der Waals surface area contributed by atoms with Gasteiger partial charge in [0.25, 0.3) is 5.91 Å². The molecule has 1 saturated heterocycles. The summed E-state index contributed by atoms with van der Waals surface area (Å²) in [6.45, 7) is 2.81. The molecule has 2 aliphatic rings. The van der Waals surface area contributed by atoms with Crippen LogP contribution in [0.4, 0.5) is 8.78 Å². The number of amides is 1. The van der Waals surface area contributed by atoms with Gasteiger partial charge in [-0.2, -0.15) is 4.98 Å². The maximum atomic E-state index is 13.9. The van der Waals surface area contributed by atoms with Crippen LogP contribution in [0, 0.1) is 11.6 Å². The zero-order valence-electron chi connectivity index (χ0n) is 14.0. The molecule has 5 nitrogen and oxygen atoms in total. The highest BCUT2D eigenvalue weighted by molar-refractivity contribution is 5.94. The summed E-state index contributed by atoms with van der Waals surface area (Å²) >= 11 is 0. The van der Waals surface area contributed by atoms with Crippen LogP contribution < -0.4 is 0 Å². The molecule has 0 radical (unpaired) electrons. The molecule has 2 heterocycles. The Morgan fingerprint density at radius 1 is 1.36 bits per heavy atom. The van der Waals surface area contributed by atoms with Crippen molar-refractivity contribution in [2.24, 2.45) is 0 Å². The van der Waals surface area contributed by atoms with Gasteiger partial charge in [0.2, 0.25) is 5.89 Å². The van der Waals surface area contributed by atoms with Crippen molar-refractivity contribution in [3.63, 3.8) is 0 Å². The Balaban J connectivity index is 1.57. The average molecular weight is 347 g/mol. The Morgan fingerprint density at radius 2 is 2.16 bits per heavy atom. The molecule has 0 N–H and O–H groups in total. The Bertz CT molecular complexity index is 818. The van der Waals surface area contributed by atoms with Gasteiger partial charge in [0.15, 0.2) is 5.82 Å². The van der Waals surface area contributed by atoms with E-state index < -0.39 is 23.0 Å². The van der Waals surface area contributed by atoms with Crippen molar-refractivity contribution in [3.8, 4) is 0 Å². The number of aromatic nitrogens is 2. The quantitative estimate of drug-likeness (QED) is 0.854. The van der Waals surface area contributed by atoms with Gasteiger partial charge in [0.05, 0.1) is 11.0 Å². The fourth-order valence-corrected chi connectivity index (χ4v) is 3.41. The lowest BCUT2D eigenvalue weighted by Gasteiger charge is -2.38. The molecule has 1 saturated carbocycles. The number of halogens is 2. The van der Waals surface area contributed by atoms with Crippen molar-refractivity contribution < 1.29 is 18.1 Å². The summed E-state index contributed by atoms with van der Waals surface area (Å²) in [6.07, 6.45) is 3.70. The van der Waals surface area contributed by atoms with Crippen molar-refractivity contribution in [1.82, 2.24) is 15.0 Å². The molecule has 0 unspecified atom stereocenters. The normalized spacial score (nSPS) is 23.7. The average Bonchev–Trinajstić information content (AvgIpc) is 3.32. The lowest BCUT2D eigenvalue weighted by Crippen LogP contribution is -2.47. The van der Waals surface area contributed by atoms with Crippen molar-refractivity contribution in [1.29, 1.82) is 0 Å². The minimum absolute atomic E-state index is 0.242. The first-order valence-corrected chi connectivity index (χ1v) is 8.55. The second-order valence-electron chi connectivity index (χ2n) is 7.25. The first-order chi connectivity index (χ1) is 12.0. The maximum Gasteiger partial charge on any atom is 0.256 e. The van der Waals surface area contributed by atoms with E-state index in [1.807, 2.05) is 6.92 Å². The molecule has 1 aliphatic carbocycles. The molecular formula is C18H19F2N3O2. The minimum atomic E-state index is -0.715. The van der Waals surface area contributed by atoms with Crippen LogP contribution in [0.25, 0.3) is 0 Å². The van der Waals surface area contributed by atoms with Crippen molar-refractivity contribution in [2.75, 3.05) is 13.1 Å². The SMILES string of the molecule is C[C@@]1(c2nc(C3CC3)no2)CCCN(C(=O)c2cc(F)ccc2F)C1. The van der Waals surface area contributed by atoms with Crippen molar-refractivity contribution >= 4 is 5.91 Å². The molecule has 25 heavy (non-hydrogen) atoms. The Hall–Kier alpha value is -2.31. The first kappa shape index (κ1) is 16.2. The van der Waals surface area contributed by atoms with Crippen LogP contribution in [0.15, 0.2) is 22.7 Å². The molecule has 2 aromatic rings. The lowest BCUT2D eigenvalue weighted by atomic mass is 9.81.